The van der Waals surface area contributed by atoms with Gasteiger partial charge >= 0.3 is 0 Å². The molecule has 2 aliphatic heterocycles. The first kappa shape index (κ1) is 18.8. The molecule has 0 saturated carbocycles. The van der Waals surface area contributed by atoms with Crippen molar-refractivity contribution in [2.45, 2.75) is 26.2 Å². The molecule has 1 aromatic carbocycles. The SMILES string of the molecule is C=C(CN1CCCCC1)c1c(C)ccc2c1O/C(=C\c1n[nH]c3ncccc13)C2=O. The minimum atomic E-state index is -0.128. The van der Waals surface area contributed by atoms with E-state index in [2.05, 4.69) is 26.7 Å². The number of aromatic amines is 1. The number of aryl methyl sites for hydroxylation is 1. The zero-order valence-electron chi connectivity index (χ0n) is 17.1. The monoisotopic (exact) mass is 400 g/mol. The van der Waals surface area contributed by atoms with E-state index in [0.717, 1.165) is 41.7 Å². The number of hydrogen-bond donors (Lipinski definition) is 1. The quantitative estimate of drug-likeness (QED) is 0.658. The lowest BCUT2D eigenvalue weighted by Crippen LogP contribution is -2.31. The second-order valence-corrected chi connectivity index (χ2v) is 8.02. The van der Waals surface area contributed by atoms with Crippen molar-refractivity contribution in [1.82, 2.24) is 20.1 Å². The maximum absolute atomic E-state index is 13.0. The number of nitrogens with zero attached hydrogens (tertiary/aromatic N) is 3. The minimum Gasteiger partial charge on any atom is -0.452 e. The average Bonchev–Trinajstić information content (AvgIpc) is 3.30. The summed E-state index contributed by atoms with van der Waals surface area (Å²) in [5.74, 6) is 0.767. The van der Waals surface area contributed by atoms with Gasteiger partial charge in [0.25, 0.3) is 0 Å². The number of ketones is 1. The van der Waals surface area contributed by atoms with Gasteiger partial charge in [-0.1, -0.05) is 19.1 Å². The Labute approximate surface area is 175 Å². The first-order chi connectivity index (χ1) is 14.6. The van der Waals surface area contributed by atoms with Crippen molar-refractivity contribution >= 4 is 28.5 Å². The van der Waals surface area contributed by atoms with Crippen LogP contribution in [0.5, 0.6) is 5.75 Å². The van der Waals surface area contributed by atoms with Crippen LogP contribution in [0.4, 0.5) is 0 Å². The van der Waals surface area contributed by atoms with Crippen LogP contribution in [0.3, 0.4) is 0 Å². The molecule has 6 nitrogen and oxygen atoms in total. The van der Waals surface area contributed by atoms with E-state index in [0.29, 0.717) is 22.7 Å². The Hall–Kier alpha value is -3.25. The highest BCUT2D eigenvalue weighted by molar-refractivity contribution is 6.16. The van der Waals surface area contributed by atoms with E-state index in [1.54, 1.807) is 12.3 Å². The minimum absolute atomic E-state index is 0.128. The number of ether oxygens (including phenoxy) is 1. The number of allylic oxidation sites excluding steroid dienone is 1. The maximum atomic E-state index is 13.0. The van der Waals surface area contributed by atoms with Crippen LogP contribution < -0.4 is 4.74 Å². The zero-order chi connectivity index (χ0) is 20.7. The van der Waals surface area contributed by atoms with Gasteiger partial charge in [0.15, 0.2) is 11.4 Å². The highest BCUT2D eigenvalue weighted by Crippen LogP contribution is 2.40. The van der Waals surface area contributed by atoms with E-state index in [-0.39, 0.29) is 11.5 Å². The molecule has 1 N–H and O–H groups in total. The topological polar surface area (TPSA) is 71.1 Å². The molecule has 2 aliphatic rings. The molecule has 0 spiro atoms. The van der Waals surface area contributed by atoms with E-state index >= 15 is 0 Å². The van der Waals surface area contributed by atoms with Crippen molar-refractivity contribution in [2.75, 3.05) is 19.6 Å². The fourth-order valence-corrected chi connectivity index (χ4v) is 4.36. The number of nitrogens with one attached hydrogen (secondary N) is 1. The summed E-state index contributed by atoms with van der Waals surface area (Å²) in [7, 11) is 0. The molecule has 0 bridgehead atoms. The van der Waals surface area contributed by atoms with Gasteiger partial charge in [0.05, 0.1) is 11.3 Å². The third-order valence-corrected chi connectivity index (χ3v) is 5.90. The van der Waals surface area contributed by atoms with Crippen LogP contribution in [0.15, 0.2) is 42.8 Å². The van der Waals surface area contributed by atoms with Gasteiger partial charge in [-0.05, 0) is 62.2 Å². The van der Waals surface area contributed by atoms with Gasteiger partial charge in [-0.15, -0.1) is 0 Å². The van der Waals surface area contributed by atoms with Crippen molar-refractivity contribution in [2.24, 2.45) is 0 Å². The van der Waals surface area contributed by atoms with Crippen LogP contribution in [0.25, 0.3) is 22.7 Å². The number of H-pyrrole nitrogens is 1. The van der Waals surface area contributed by atoms with Gasteiger partial charge in [-0.2, -0.15) is 5.10 Å². The zero-order valence-corrected chi connectivity index (χ0v) is 17.1. The Balaban J connectivity index is 1.48. The largest absolute Gasteiger partial charge is 0.452 e. The molecule has 30 heavy (non-hydrogen) atoms. The van der Waals surface area contributed by atoms with Gasteiger partial charge in [-0.25, -0.2) is 4.98 Å². The van der Waals surface area contributed by atoms with Crippen molar-refractivity contribution in [3.05, 3.63) is 65.2 Å². The molecule has 0 atom stereocenters. The van der Waals surface area contributed by atoms with Crippen LogP contribution in [0.2, 0.25) is 0 Å². The summed E-state index contributed by atoms with van der Waals surface area (Å²) >= 11 is 0. The molecule has 1 fully saturated rings. The molecule has 6 heteroatoms. The van der Waals surface area contributed by atoms with Crippen molar-refractivity contribution in [1.29, 1.82) is 0 Å². The number of carbonyl (C=O) groups is 1. The van der Waals surface area contributed by atoms with Crippen molar-refractivity contribution in [3.63, 3.8) is 0 Å². The highest BCUT2D eigenvalue weighted by Gasteiger charge is 2.32. The number of Topliss-reactive ketones (excluding diaryl/α,β-unsaturated/α-hetero) is 1. The normalized spacial score (nSPS) is 18.0. The standard InChI is InChI=1S/C24H24N4O2/c1-15-8-9-18-22(29)20(13-19-17-7-6-10-25-24(17)27-26-19)30-23(18)21(15)16(2)14-28-11-4-3-5-12-28/h6-10,13H,2-5,11-12,14H2,1H3,(H,25,26,27)/b20-13-. The van der Waals surface area contributed by atoms with E-state index in [1.165, 1.54) is 19.3 Å². The number of benzene rings is 1. The summed E-state index contributed by atoms with van der Waals surface area (Å²) in [6.45, 7) is 9.37. The van der Waals surface area contributed by atoms with Crippen LogP contribution in [0.1, 0.15) is 46.4 Å². The predicted molar refractivity (Wildman–Crippen MR) is 117 cm³/mol. The molecule has 0 amide bonds. The van der Waals surface area contributed by atoms with Crippen LogP contribution in [0, 0.1) is 6.92 Å². The second-order valence-electron chi connectivity index (χ2n) is 8.02. The molecule has 3 aromatic rings. The summed E-state index contributed by atoms with van der Waals surface area (Å²) in [6, 6.07) is 7.59. The fourth-order valence-electron chi connectivity index (χ4n) is 4.36. The Morgan fingerprint density at radius 2 is 2.10 bits per heavy atom. The lowest BCUT2D eigenvalue weighted by Gasteiger charge is -2.27. The number of pyridine rings is 1. The average molecular weight is 400 g/mol. The number of piperidine rings is 1. The number of rotatable bonds is 4. The predicted octanol–water partition coefficient (Wildman–Crippen LogP) is 4.38. The first-order valence-electron chi connectivity index (χ1n) is 10.4. The maximum Gasteiger partial charge on any atom is 0.232 e. The van der Waals surface area contributed by atoms with Crippen molar-refractivity contribution in [3.8, 4) is 5.75 Å². The molecule has 5 rings (SSSR count). The molecule has 4 heterocycles. The summed E-state index contributed by atoms with van der Waals surface area (Å²) in [5, 5.41) is 8.03. The van der Waals surface area contributed by atoms with E-state index in [1.807, 2.05) is 31.2 Å². The molecular formula is C24H24N4O2. The summed E-state index contributed by atoms with van der Waals surface area (Å²) in [4.78, 5) is 19.7. The third kappa shape index (κ3) is 3.23. The van der Waals surface area contributed by atoms with E-state index in [9.17, 15) is 4.79 Å². The van der Waals surface area contributed by atoms with Gasteiger partial charge < -0.3 is 4.74 Å². The Morgan fingerprint density at radius 3 is 2.93 bits per heavy atom. The Kier molecular flexibility index (Phi) is 4.71. The summed E-state index contributed by atoms with van der Waals surface area (Å²) in [6.07, 6.45) is 7.15. The summed E-state index contributed by atoms with van der Waals surface area (Å²) in [5.41, 5.74) is 4.91. The first-order valence-corrected chi connectivity index (χ1v) is 10.4. The number of hydrogen-bond acceptors (Lipinski definition) is 5. The highest BCUT2D eigenvalue weighted by atomic mass is 16.5. The third-order valence-electron chi connectivity index (χ3n) is 5.90. The number of likely N-dealkylation sites (tertiary alicyclic amines) is 1. The molecule has 2 aromatic heterocycles. The molecule has 0 unspecified atom stereocenters. The van der Waals surface area contributed by atoms with Crippen molar-refractivity contribution < 1.29 is 9.53 Å². The van der Waals surface area contributed by atoms with Gasteiger partial charge in [0.1, 0.15) is 5.75 Å². The van der Waals surface area contributed by atoms with Gasteiger partial charge in [0.2, 0.25) is 5.78 Å². The second kappa shape index (κ2) is 7.54. The Morgan fingerprint density at radius 1 is 1.27 bits per heavy atom. The van der Waals surface area contributed by atoms with Crippen LogP contribution in [-0.4, -0.2) is 45.5 Å². The molecule has 0 radical (unpaired) electrons. The molecule has 1 saturated heterocycles. The lowest BCUT2D eigenvalue weighted by molar-refractivity contribution is 0.101. The molecule has 0 aliphatic carbocycles. The lowest BCUT2D eigenvalue weighted by atomic mass is 9.96. The smallest absolute Gasteiger partial charge is 0.232 e. The molecular weight excluding hydrogens is 376 g/mol. The van der Waals surface area contributed by atoms with Gasteiger partial charge in [0, 0.05) is 29.8 Å². The van der Waals surface area contributed by atoms with Crippen LogP contribution in [-0.2, 0) is 0 Å². The summed E-state index contributed by atoms with van der Waals surface area (Å²) < 4.78 is 6.12. The van der Waals surface area contributed by atoms with Gasteiger partial charge in [-0.3, -0.25) is 14.8 Å². The Bertz CT molecular complexity index is 1190. The molecule has 152 valence electrons. The van der Waals surface area contributed by atoms with E-state index < -0.39 is 0 Å². The number of carbonyl (C=O) groups excluding carboxylic acids is 1. The van der Waals surface area contributed by atoms with E-state index in [4.69, 9.17) is 4.74 Å². The number of aromatic nitrogens is 3. The number of fused-ring (bicyclic) bond motifs is 2. The van der Waals surface area contributed by atoms with Crippen LogP contribution >= 0.6 is 0 Å². The fraction of sp³-hybridized carbons (Fsp3) is 0.292.